The van der Waals surface area contributed by atoms with Gasteiger partial charge in [0, 0.05) is 0 Å². The zero-order valence-electron chi connectivity index (χ0n) is 9.17. The van der Waals surface area contributed by atoms with Crippen LogP contribution in [0.15, 0.2) is 30.3 Å². The summed E-state index contributed by atoms with van der Waals surface area (Å²) in [6.45, 7) is 1.17. The molecule has 2 atom stereocenters. The van der Waals surface area contributed by atoms with Crippen molar-refractivity contribution in [2.45, 2.75) is 31.7 Å². The number of carbonyl (C=O) groups excluding carboxylic acids is 1. The Hall–Kier alpha value is -1.19. The minimum Gasteiger partial charge on any atom is -0.374 e. The van der Waals surface area contributed by atoms with Crippen LogP contribution in [0.3, 0.4) is 0 Å². The van der Waals surface area contributed by atoms with Crippen molar-refractivity contribution in [2.24, 2.45) is 0 Å². The van der Waals surface area contributed by atoms with E-state index >= 15 is 0 Å². The molecule has 0 radical (unpaired) electrons. The topological polar surface area (TPSA) is 35.5 Å². The summed E-state index contributed by atoms with van der Waals surface area (Å²) in [4.78, 5) is 10.5. The molecule has 86 valence electrons. The summed E-state index contributed by atoms with van der Waals surface area (Å²) >= 11 is 0. The molecule has 1 heterocycles. The van der Waals surface area contributed by atoms with Crippen LogP contribution in [-0.4, -0.2) is 25.1 Å². The number of hydrogen-bond acceptors (Lipinski definition) is 3. The Balaban J connectivity index is 1.67. The molecule has 0 aliphatic carbocycles. The smallest absolute Gasteiger partial charge is 0.148 e. The molecule has 0 N–H and O–H groups in total. The molecule has 0 amide bonds. The van der Waals surface area contributed by atoms with E-state index in [1.54, 1.807) is 0 Å². The van der Waals surface area contributed by atoms with Gasteiger partial charge in [-0.15, -0.1) is 0 Å². The molecule has 2 rings (SSSR count). The monoisotopic (exact) mass is 220 g/mol. The summed E-state index contributed by atoms with van der Waals surface area (Å²) in [7, 11) is 0. The molecule has 1 aromatic carbocycles. The number of benzene rings is 1. The highest BCUT2D eigenvalue weighted by atomic mass is 16.5. The first-order valence-electron chi connectivity index (χ1n) is 5.61. The number of hydrogen-bond donors (Lipinski definition) is 0. The molecule has 3 nitrogen and oxygen atoms in total. The van der Waals surface area contributed by atoms with E-state index in [0.29, 0.717) is 13.2 Å². The second-order valence-electron chi connectivity index (χ2n) is 4.01. The minimum absolute atomic E-state index is 0.0823. The molecule has 0 bridgehead atoms. The van der Waals surface area contributed by atoms with Gasteiger partial charge < -0.3 is 14.3 Å². The van der Waals surface area contributed by atoms with Gasteiger partial charge in [0.25, 0.3) is 0 Å². The highest BCUT2D eigenvalue weighted by Crippen LogP contribution is 2.18. The summed E-state index contributed by atoms with van der Waals surface area (Å²) in [6, 6.07) is 10.0. The van der Waals surface area contributed by atoms with Gasteiger partial charge in [-0.1, -0.05) is 30.3 Å². The average molecular weight is 220 g/mol. The molecular formula is C13H16O3. The molecule has 0 aromatic heterocycles. The van der Waals surface area contributed by atoms with Gasteiger partial charge in [0.2, 0.25) is 0 Å². The van der Waals surface area contributed by atoms with E-state index in [0.717, 1.165) is 24.7 Å². The molecule has 1 aromatic rings. The lowest BCUT2D eigenvalue weighted by Gasteiger charge is -2.11. The van der Waals surface area contributed by atoms with Crippen LogP contribution < -0.4 is 0 Å². The lowest BCUT2D eigenvalue weighted by molar-refractivity contribution is -0.118. The molecule has 1 aliphatic heterocycles. The fraction of sp³-hybridized carbons (Fsp3) is 0.462. The summed E-state index contributed by atoms with van der Waals surface area (Å²) in [5.74, 6) is 0. The first-order valence-corrected chi connectivity index (χ1v) is 5.61. The maximum atomic E-state index is 10.5. The van der Waals surface area contributed by atoms with Gasteiger partial charge in [-0.25, -0.2) is 0 Å². The summed E-state index contributed by atoms with van der Waals surface area (Å²) in [5, 5.41) is 0. The van der Waals surface area contributed by atoms with Crippen molar-refractivity contribution < 1.29 is 14.3 Å². The van der Waals surface area contributed by atoms with E-state index in [-0.39, 0.29) is 12.2 Å². The fourth-order valence-electron chi connectivity index (χ4n) is 1.84. The summed E-state index contributed by atoms with van der Waals surface area (Å²) in [6.07, 6.45) is 2.47. The van der Waals surface area contributed by atoms with Gasteiger partial charge in [-0.2, -0.15) is 0 Å². The minimum atomic E-state index is -0.217. The largest absolute Gasteiger partial charge is 0.374 e. The summed E-state index contributed by atoms with van der Waals surface area (Å²) < 4.78 is 11.0. The Labute approximate surface area is 95.4 Å². The number of rotatable bonds is 5. The average Bonchev–Trinajstić information content (AvgIpc) is 2.78. The van der Waals surface area contributed by atoms with Crippen LogP contribution in [-0.2, 0) is 20.9 Å². The Morgan fingerprint density at radius 3 is 2.81 bits per heavy atom. The molecular weight excluding hydrogens is 204 g/mol. The molecule has 1 aliphatic rings. The van der Waals surface area contributed by atoms with Gasteiger partial charge in [0.1, 0.15) is 12.4 Å². The predicted octanol–water partition coefficient (Wildman–Crippen LogP) is 1.95. The van der Waals surface area contributed by atoms with Crippen LogP contribution in [0.25, 0.3) is 0 Å². The normalized spacial score (nSPS) is 24.5. The van der Waals surface area contributed by atoms with E-state index in [9.17, 15) is 4.79 Å². The second-order valence-corrected chi connectivity index (χ2v) is 4.01. The molecule has 1 fully saturated rings. The quantitative estimate of drug-likeness (QED) is 0.711. The van der Waals surface area contributed by atoms with Crippen LogP contribution >= 0.6 is 0 Å². The lowest BCUT2D eigenvalue weighted by Crippen LogP contribution is -2.17. The van der Waals surface area contributed by atoms with E-state index in [4.69, 9.17) is 9.47 Å². The van der Waals surface area contributed by atoms with Gasteiger partial charge in [-0.05, 0) is 18.4 Å². The third-order valence-corrected chi connectivity index (χ3v) is 2.71. The van der Waals surface area contributed by atoms with E-state index < -0.39 is 0 Å². The maximum Gasteiger partial charge on any atom is 0.148 e. The number of aldehydes is 1. The predicted molar refractivity (Wildman–Crippen MR) is 60.1 cm³/mol. The van der Waals surface area contributed by atoms with E-state index in [1.807, 2.05) is 30.3 Å². The third kappa shape index (κ3) is 3.15. The van der Waals surface area contributed by atoms with E-state index in [1.165, 1.54) is 0 Å². The molecule has 16 heavy (non-hydrogen) atoms. The molecule has 1 saturated heterocycles. The van der Waals surface area contributed by atoms with Crippen molar-refractivity contribution in [2.75, 3.05) is 6.61 Å². The van der Waals surface area contributed by atoms with Gasteiger partial charge in [0.05, 0.1) is 19.3 Å². The van der Waals surface area contributed by atoms with Gasteiger partial charge in [-0.3, -0.25) is 0 Å². The van der Waals surface area contributed by atoms with Crippen molar-refractivity contribution in [3.05, 3.63) is 35.9 Å². The third-order valence-electron chi connectivity index (χ3n) is 2.71. The second kappa shape index (κ2) is 5.77. The lowest BCUT2D eigenvalue weighted by atomic mass is 10.2. The number of ether oxygens (including phenoxy) is 2. The van der Waals surface area contributed by atoms with Crippen molar-refractivity contribution in [3.8, 4) is 0 Å². The Bertz CT molecular complexity index is 323. The summed E-state index contributed by atoms with van der Waals surface area (Å²) in [5.41, 5.74) is 1.16. The highest BCUT2D eigenvalue weighted by Gasteiger charge is 2.24. The Kier molecular flexibility index (Phi) is 4.08. The number of carbonyl (C=O) groups is 1. The molecule has 3 heteroatoms. The highest BCUT2D eigenvalue weighted by molar-refractivity contribution is 5.56. The van der Waals surface area contributed by atoms with Crippen LogP contribution in [0.2, 0.25) is 0 Å². The molecule has 0 saturated carbocycles. The van der Waals surface area contributed by atoms with Crippen LogP contribution in [0, 0.1) is 0 Å². The molecule has 0 spiro atoms. The standard InChI is InChI=1S/C13H16O3/c14-8-12-6-7-13(16-12)10-15-9-11-4-2-1-3-5-11/h1-5,8,12-13H,6-7,9-10H2/t12?,13-/m1/s1. The van der Waals surface area contributed by atoms with Crippen molar-refractivity contribution in [1.82, 2.24) is 0 Å². The zero-order chi connectivity index (χ0) is 11.2. The van der Waals surface area contributed by atoms with Crippen LogP contribution in [0.1, 0.15) is 18.4 Å². The maximum absolute atomic E-state index is 10.5. The fourth-order valence-corrected chi connectivity index (χ4v) is 1.84. The Morgan fingerprint density at radius 2 is 2.12 bits per heavy atom. The SMILES string of the molecule is O=CC1CC[C@H](COCc2ccccc2)O1. The first-order chi connectivity index (χ1) is 7.88. The van der Waals surface area contributed by atoms with Crippen LogP contribution in [0.5, 0.6) is 0 Å². The first kappa shape index (κ1) is 11.3. The van der Waals surface area contributed by atoms with Gasteiger partial charge >= 0.3 is 0 Å². The van der Waals surface area contributed by atoms with Crippen molar-refractivity contribution in [1.29, 1.82) is 0 Å². The van der Waals surface area contributed by atoms with E-state index in [2.05, 4.69) is 0 Å². The Morgan fingerprint density at radius 1 is 1.31 bits per heavy atom. The zero-order valence-corrected chi connectivity index (χ0v) is 9.17. The van der Waals surface area contributed by atoms with Gasteiger partial charge in [0.15, 0.2) is 0 Å². The van der Waals surface area contributed by atoms with Crippen molar-refractivity contribution >= 4 is 6.29 Å². The molecule has 1 unspecified atom stereocenters. The van der Waals surface area contributed by atoms with Crippen LogP contribution in [0.4, 0.5) is 0 Å². The van der Waals surface area contributed by atoms with Crippen molar-refractivity contribution in [3.63, 3.8) is 0 Å².